The molecule has 1 aromatic heterocycles. The fourth-order valence-corrected chi connectivity index (χ4v) is 2.83. The molecular formula is C20H21ClN2O2. The Kier molecular flexibility index (Phi) is 5.00. The normalized spacial score (nSPS) is 11.5. The average Bonchev–Trinajstić information content (AvgIpc) is 3.00. The van der Waals surface area contributed by atoms with E-state index in [9.17, 15) is 4.79 Å². The lowest BCUT2D eigenvalue weighted by atomic mass is 10.1. The van der Waals surface area contributed by atoms with E-state index in [0.29, 0.717) is 17.3 Å². The number of hydrogen-bond acceptors (Lipinski definition) is 2. The van der Waals surface area contributed by atoms with Crippen LogP contribution in [-0.4, -0.2) is 23.0 Å². The molecule has 3 rings (SSSR count). The molecule has 2 aromatic carbocycles. The van der Waals surface area contributed by atoms with Crippen molar-refractivity contribution >= 4 is 28.4 Å². The van der Waals surface area contributed by atoms with Crippen LogP contribution in [0.1, 0.15) is 19.4 Å². The highest BCUT2D eigenvalue weighted by atomic mass is 35.5. The number of carbonyl (C=O) groups excluding carboxylic acids is 1. The van der Waals surface area contributed by atoms with E-state index >= 15 is 0 Å². The molecule has 1 heterocycles. The van der Waals surface area contributed by atoms with Gasteiger partial charge in [-0.05, 0) is 56.2 Å². The lowest BCUT2D eigenvalue weighted by Gasteiger charge is -2.25. The second kappa shape index (κ2) is 7.19. The van der Waals surface area contributed by atoms with Gasteiger partial charge in [0, 0.05) is 28.7 Å². The van der Waals surface area contributed by atoms with Gasteiger partial charge in [0.2, 0.25) is 0 Å². The van der Waals surface area contributed by atoms with E-state index in [1.807, 2.05) is 24.4 Å². The van der Waals surface area contributed by atoms with E-state index < -0.39 is 5.60 Å². The monoisotopic (exact) mass is 356 g/mol. The van der Waals surface area contributed by atoms with Gasteiger partial charge in [-0.3, -0.25) is 4.79 Å². The van der Waals surface area contributed by atoms with Gasteiger partial charge in [-0.25, -0.2) is 0 Å². The Labute approximate surface area is 152 Å². The third-order valence-electron chi connectivity index (χ3n) is 4.09. The molecule has 0 bridgehead atoms. The highest BCUT2D eigenvalue weighted by Gasteiger charge is 2.29. The van der Waals surface area contributed by atoms with E-state index in [0.717, 1.165) is 11.9 Å². The molecule has 0 aliphatic carbocycles. The molecule has 5 heteroatoms. The van der Waals surface area contributed by atoms with Crippen LogP contribution in [0, 0.1) is 0 Å². The first-order chi connectivity index (χ1) is 12.0. The second-order valence-corrected chi connectivity index (χ2v) is 6.87. The van der Waals surface area contributed by atoms with Crippen LogP contribution in [0.2, 0.25) is 5.02 Å². The Morgan fingerprint density at radius 3 is 2.64 bits per heavy atom. The molecule has 25 heavy (non-hydrogen) atoms. The first-order valence-electron chi connectivity index (χ1n) is 8.23. The van der Waals surface area contributed by atoms with Crippen LogP contribution in [0.3, 0.4) is 0 Å². The quantitative estimate of drug-likeness (QED) is 0.690. The molecule has 0 saturated carbocycles. The van der Waals surface area contributed by atoms with Crippen molar-refractivity contribution in [3.63, 3.8) is 0 Å². The summed E-state index contributed by atoms with van der Waals surface area (Å²) < 4.78 is 5.80. The molecule has 0 saturated heterocycles. The molecule has 0 aliphatic rings. The Balaban J connectivity index is 1.56. The molecule has 1 amide bonds. The topological polar surface area (TPSA) is 54.1 Å². The number of carbonyl (C=O) groups is 1. The summed E-state index contributed by atoms with van der Waals surface area (Å²) in [5.74, 6) is 0.462. The smallest absolute Gasteiger partial charge is 0.263 e. The van der Waals surface area contributed by atoms with Crippen LogP contribution in [0.4, 0.5) is 0 Å². The molecule has 0 atom stereocenters. The molecule has 2 N–H and O–H groups in total. The summed E-state index contributed by atoms with van der Waals surface area (Å²) in [6, 6.07) is 15.1. The van der Waals surface area contributed by atoms with Gasteiger partial charge < -0.3 is 15.0 Å². The van der Waals surface area contributed by atoms with E-state index in [1.54, 1.807) is 38.1 Å². The van der Waals surface area contributed by atoms with E-state index in [-0.39, 0.29) is 5.91 Å². The molecule has 0 unspecified atom stereocenters. The van der Waals surface area contributed by atoms with Gasteiger partial charge in [-0.2, -0.15) is 0 Å². The van der Waals surface area contributed by atoms with Gasteiger partial charge in [0.15, 0.2) is 5.60 Å². The van der Waals surface area contributed by atoms with Crippen molar-refractivity contribution in [2.45, 2.75) is 25.9 Å². The molecule has 0 spiro atoms. The van der Waals surface area contributed by atoms with Crippen molar-refractivity contribution in [1.29, 1.82) is 0 Å². The largest absolute Gasteiger partial charge is 0.478 e. The van der Waals surface area contributed by atoms with Gasteiger partial charge in [0.1, 0.15) is 5.75 Å². The number of hydrogen-bond donors (Lipinski definition) is 2. The van der Waals surface area contributed by atoms with Gasteiger partial charge in [0.25, 0.3) is 5.91 Å². The van der Waals surface area contributed by atoms with E-state index in [2.05, 4.69) is 16.4 Å². The summed E-state index contributed by atoms with van der Waals surface area (Å²) in [6.45, 7) is 4.05. The van der Waals surface area contributed by atoms with Crippen LogP contribution in [0.15, 0.2) is 54.7 Å². The van der Waals surface area contributed by atoms with Crippen molar-refractivity contribution in [3.8, 4) is 5.75 Å². The minimum absolute atomic E-state index is 0.151. The van der Waals surface area contributed by atoms with Crippen LogP contribution < -0.4 is 10.1 Å². The van der Waals surface area contributed by atoms with Crippen LogP contribution in [0.25, 0.3) is 10.9 Å². The number of nitrogens with one attached hydrogen (secondary N) is 2. The highest BCUT2D eigenvalue weighted by molar-refractivity contribution is 6.30. The third-order valence-corrected chi connectivity index (χ3v) is 4.34. The van der Waals surface area contributed by atoms with Crippen molar-refractivity contribution in [1.82, 2.24) is 10.3 Å². The second-order valence-electron chi connectivity index (χ2n) is 6.43. The molecule has 130 valence electrons. The number of fused-ring (bicyclic) bond motifs is 1. The van der Waals surface area contributed by atoms with Crippen molar-refractivity contribution < 1.29 is 9.53 Å². The minimum Gasteiger partial charge on any atom is -0.478 e. The summed E-state index contributed by atoms with van der Waals surface area (Å²) >= 11 is 5.87. The van der Waals surface area contributed by atoms with Crippen molar-refractivity contribution in [2.24, 2.45) is 0 Å². The lowest BCUT2D eigenvalue weighted by Crippen LogP contribution is -2.47. The first kappa shape index (κ1) is 17.4. The molecular weight excluding hydrogens is 336 g/mol. The first-order valence-corrected chi connectivity index (χ1v) is 8.61. The average molecular weight is 357 g/mol. The van der Waals surface area contributed by atoms with Crippen LogP contribution in [-0.2, 0) is 11.2 Å². The zero-order chi connectivity index (χ0) is 17.9. The summed E-state index contributed by atoms with van der Waals surface area (Å²) in [5.41, 5.74) is 1.33. The summed E-state index contributed by atoms with van der Waals surface area (Å²) in [6.07, 6.45) is 2.75. The predicted octanol–water partition coefficient (Wildman–Crippen LogP) is 4.34. The van der Waals surface area contributed by atoms with E-state index in [4.69, 9.17) is 16.3 Å². The maximum atomic E-state index is 12.5. The van der Waals surface area contributed by atoms with Gasteiger partial charge in [0.05, 0.1) is 0 Å². The SMILES string of the molecule is CC(C)(Oc1ccc(Cl)cc1)C(=O)NCCc1c[nH]c2ccccc12. The van der Waals surface area contributed by atoms with Gasteiger partial charge in [-0.1, -0.05) is 29.8 Å². The van der Waals surface area contributed by atoms with Crippen molar-refractivity contribution in [2.75, 3.05) is 6.54 Å². The summed E-state index contributed by atoms with van der Waals surface area (Å²) in [7, 11) is 0. The Bertz CT molecular complexity index is 869. The molecule has 0 aliphatic heterocycles. The zero-order valence-corrected chi connectivity index (χ0v) is 15.1. The molecule has 0 fully saturated rings. The number of benzene rings is 2. The van der Waals surface area contributed by atoms with Gasteiger partial charge in [-0.15, -0.1) is 0 Å². The van der Waals surface area contributed by atoms with Crippen molar-refractivity contribution in [3.05, 3.63) is 65.3 Å². The fourth-order valence-electron chi connectivity index (χ4n) is 2.71. The lowest BCUT2D eigenvalue weighted by molar-refractivity contribution is -0.134. The molecule has 4 nitrogen and oxygen atoms in total. The zero-order valence-electron chi connectivity index (χ0n) is 14.3. The number of para-hydroxylation sites is 1. The number of rotatable bonds is 6. The number of amides is 1. The fraction of sp³-hybridized carbons (Fsp3) is 0.250. The third kappa shape index (κ3) is 4.15. The summed E-state index contributed by atoms with van der Waals surface area (Å²) in [5, 5.41) is 4.77. The maximum Gasteiger partial charge on any atom is 0.263 e. The van der Waals surface area contributed by atoms with Gasteiger partial charge >= 0.3 is 0 Å². The number of ether oxygens (including phenoxy) is 1. The maximum absolute atomic E-state index is 12.5. The standard InChI is InChI=1S/C20H21ClN2O2/c1-20(2,25-16-9-7-15(21)8-10-16)19(24)22-12-11-14-13-23-18-6-4-3-5-17(14)18/h3-10,13,23H,11-12H2,1-2H3,(H,22,24). The Morgan fingerprint density at radius 2 is 1.88 bits per heavy atom. The minimum atomic E-state index is -0.964. The number of halogens is 1. The number of H-pyrrole nitrogens is 1. The molecule has 0 radical (unpaired) electrons. The number of aromatic amines is 1. The van der Waals surface area contributed by atoms with E-state index in [1.165, 1.54) is 10.9 Å². The predicted molar refractivity (Wildman–Crippen MR) is 101 cm³/mol. The van der Waals surface area contributed by atoms with Crippen LogP contribution in [0.5, 0.6) is 5.75 Å². The van der Waals surface area contributed by atoms with Crippen LogP contribution >= 0.6 is 11.6 Å². The molecule has 3 aromatic rings. The Morgan fingerprint density at radius 1 is 1.16 bits per heavy atom. The Hall–Kier alpha value is -2.46. The highest BCUT2D eigenvalue weighted by Crippen LogP contribution is 2.21. The number of aromatic nitrogens is 1. The summed E-state index contributed by atoms with van der Waals surface area (Å²) in [4.78, 5) is 15.7.